The van der Waals surface area contributed by atoms with Crippen molar-refractivity contribution >= 4 is 5.97 Å². The van der Waals surface area contributed by atoms with Gasteiger partial charge in [-0.25, -0.2) is 0 Å². The van der Waals surface area contributed by atoms with Crippen molar-refractivity contribution in [2.24, 2.45) is 0 Å². The van der Waals surface area contributed by atoms with Gasteiger partial charge in [-0.05, 0) is 31.4 Å². The van der Waals surface area contributed by atoms with Crippen molar-refractivity contribution in [3.8, 4) is 0 Å². The molecular formula is C15H21NO2. The first-order valence-electron chi connectivity index (χ1n) is 6.56. The Bertz CT molecular complexity index is 391. The monoisotopic (exact) mass is 247 g/mol. The molecule has 1 heterocycles. The molecule has 0 saturated carbocycles. The van der Waals surface area contributed by atoms with E-state index in [9.17, 15) is 4.79 Å². The number of benzene rings is 1. The quantitative estimate of drug-likeness (QED) is 0.765. The molecule has 1 aliphatic rings. The number of rotatable bonds is 4. The zero-order valence-corrected chi connectivity index (χ0v) is 11.1. The van der Waals surface area contributed by atoms with Crippen LogP contribution in [-0.2, 0) is 9.53 Å². The minimum absolute atomic E-state index is 0.120. The Kier molecular flexibility index (Phi) is 4.37. The first-order chi connectivity index (χ1) is 8.70. The molecule has 0 amide bonds. The van der Waals surface area contributed by atoms with Crippen LogP contribution in [0.25, 0.3) is 0 Å². The third-order valence-corrected chi connectivity index (χ3v) is 3.80. The smallest absolute Gasteiger partial charge is 0.307 e. The maximum absolute atomic E-state index is 11.3. The fourth-order valence-corrected chi connectivity index (χ4v) is 2.64. The van der Waals surface area contributed by atoms with Gasteiger partial charge >= 0.3 is 5.97 Å². The summed E-state index contributed by atoms with van der Waals surface area (Å²) in [6.45, 7) is 4.21. The lowest BCUT2D eigenvalue weighted by molar-refractivity contribution is -0.141. The fraction of sp³-hybridized carbons (Fsp3) is 0.533. The van der Waals surface area contributed by atoms with Crippen LogP contribution in [0.5, 0.6) is 0 Å². The zero-order chi connectivity index (χ0) is 13.0. The lowest BCUT2D eigenvalue weighted by Gasteiger charge is -2.23. The van der Waals surface area contributed by atoms with Gasteiger partial charge in [0, 0.05) is 12.6 Å². The molecule has 1 aromatic carbocycles. The van der Waals surface area contributed by atoms with Crippen LogP contribution >= 0.6 is 0 Å². The van der Waals surface area contributed by atoms with Crippen molar-refractivity contribution in [2.75, 3.05) is 20.2 Å². The molecule has 0 aliphatic carbocycles. The predicted octanol–water partition coefficient (Wildman–Crippen LogP) is 2.43. The second-order valence-electron chi connectivity index (χ2n) is 5.02. The SMILES string of the molecule is COC(=O)CC(C)N1CCC(c2ccccc2)C1. The topological polar surface area (TPSA) is 29.5 Å². The Labute approximate surface area is 109 Å². The van der Waals surface area contributed by atoms with E-state index < -0.39 is 0 Å². The number of hydrogen-bond donors (Lipinski definition) is 0. The maximum atomic E-state index is 11.3. The molecule has 2 unspecified atom stereocenters. The standard InChI is InChI=1S/C15H21NO2/c1-12(10-15(17)18-2)16-9-8-14(11-16)13-6-4-3-5-7-13/h3-7,12,14H,8-11H2,1-2H3. The maximum Gasteiger partial charge on any atom is 0.307 e. The van der Waals surface area contributed by atoms with E-state index in [1.165, 1.54) is 19.1 Å². The summed E-state index contributed by atoms with van der Waals surface area (Å²) in [5.41, 5.74) is 1.41. The number of carbonyl (C=O) groups is 1. The van der Waals surface area contributed by atoms with E-state index in [0.717, 1.165) is 13.1 Å². The van der Waals surface area contributed by atoms with Gasteiger partial charge in [-0.15, -0.1) is 0 Å². The van der Waals surface area contributed by atoms with E-state index in [0.29, 0.717) is 12.3 Å². The number of likely N-dealkylation sites (tertiary alicyclic amines) is 1. The number of ether oxygens (including phenoxy) is 1. The Morgan fingerprint density at radius 3 is 2.83 bits per heavy atom. The largest absolute Gasteiger partial charge is 0.469 e. The Morgan fingerprint density at radius 1 is 1.44 bits per heavy atom. The van der Waals surface area contributed by atoms with Crippen LogP contribution in [0.1, 0.15) is 31.2 Å². The van der Waals surface area contributed by atoms with Gasteiger partial charge in [0.25, 0.3) is 0 Å². The summed E-state index contributed by atoms with van der Waals surface area (Å²) in [7, 11) is 1.45. The number of methoxy groups -OCH3 is 1. The first kappa shape index (κ1) is 13.1. The van der Waals surface area contributed by atoms with E-state index in [4.69, 9.17) is 4.74 Å². The normalized spacial score (nSPS) is 21.8. The molecule has 98 valence electrons. The third-order valence-electron chi connectivity index (χ3n) is 3.80. The molecule has 1 fully saturated rings. The van der Waals surface area contributed by atoms with Crippen molar-refractivity contribution in [2.45, 2.75) is 31.7 Å². The molecule has 3 heteroatoms. The summed E-state index contributed by atoms with van der Waals surface area (Å²) in [5, 5.41) is 0. The molecule has 0 radical (unpaired) electrons. The summed E-state index contributed by atoms with van der Waals surface area (Å²) in [6.07, 6.45) is 1.66. The second-order valence-corrected chi connectivity index (χ2v) is 5.02. The van der Waals surface area contributed by atoms with Gasteiger partial charge in [0.05, 0.1) is 13.5 Å². The van der Waals surface area contributed by atoms with Crippen LogP contribution in [0.4, 0.5) is 0 Å². The minimum Gasteiger partial charge on any atom is -0.469 e. The number of esters is 1. The van der Waals surface area contributed by atoms with Crippen molar-refractivity contribution in [3.05, 3.63) is 35.9 Å². The van der Waals surface area contributed by atoms with Gasteiger partial charge in [-0.3, -0.25) is 9.69 Å². The Morgan fingerprint density at radius 2 is 2.17 bits per heavy atom. The number of nitrogens with zero attached hydrogens (tertiary/aromatic N) is 1. The summed E-state index contributed by atoms with van der Waals surface area (Å²) in [6, 6.07) is 10.9. The summed E-state index contributed by atoms with van der Waals surface area (Å²) in [4.78, 5) is 13.7. The van der Waals surface area contributed by atoms with Crippen LogP contribution in [0.2, 0.25) is 0 Å². The number of carbonyl (C=O) groups excluding carboxylic acids is 1. The lowest BCUT2D eigenvalue weighted by atomic mass is 9.99. The van der Waals surface area contributed by atoms with Crippen LogP contribution < -0.4 is 0 Å². The average molecular weight is 247 g/mol. The highest BCUT2D eigenvalue weighted by atomic mass is 16.5. The molecule has 1 saturated heterocycles. The van der Waals surface area contributed by atoms with E-state index in [2.05, 4.69) is 42.2 Å². The zero-order valence-electron chi connectivity index (χ0n) is 11.1. The van der Waals surface area contributed by atoms with Gasteiger partial charge in [-0.1, -0.05) is 30.3 Å². The molecule has 0 bridgehead atoms. The van der Waals surface area contributed by atoms with Gasteiger partial charge in [-0.2, -0.15) is 0 Å². The van der Waals surface area contributed by atoms with Gasteiger partial charge in [0.1, 0.15) is 0 Å². The minimum atomic E-state index is -0.120. The van der Waals surface area contributed by atoms with Crippen LogP contribution in [0.15, 0.2) is 30.3 Å². The molecule has 0 aromatic heterocycles. The molecule has 18 heavy (non-hydrogen) atoms. The summed E-state index contributed by atoms with van der Waals surface area (Å²) < 4.78 is 4.73. The average Bonchev–Trinajstić information content (AvgIpc) is 2.89. The first-order valence-corrected chi connectivity index (χ1v) is 6.56. The lowest BCUT2D eigenvalue weighted by Crippen LogP contribution is -2.32. The van der Waals surface area contributed by atoms with Gasteiger partial charge in [0.15, 0.2) is 0 Å². The Hall–Kier alpha value is -1.35. The molecule has 1 aliphatic heterocycles. The van der Waals surface area contributed by atoms with E-state index in [-0.39, 0.29) is 12.0 Å². The molecule has 3 nitrogen and oxygen atoms in total. The molecule has 0 spiro atoms. The Balaban J connectivity index is 1.90. The predicted molar refractivity (Wildman–Crippen MR) is 71.5 cm³/mol. The molecule has 0 N–H and O–H groups in total. The van der Waals surface area contributed by atoms with E-state index >= 15 is 0 Å². The molecule has 2 atom stereocenters. The summed E-state index contributed by atoms with van der Waals surface area (Å²) in [5.74, 6) is 0.483. The highest BCUT2D eigenvalue weighted by Crippen LogP contribution is 2.28. The summed E-state index contributed by atoms with van der Waals surface area (Å²) >= 11 is 0. The van der Waals surface area contributed by atoms with E-state index in [1.54, 1.807) is 0 Å². The van der Waals surface area contributed by atoms with Crippen molar-refractivity contribution < 1.29 is 9.53 Å². The van der Waals surface area contributed by atoms with Crippen LogP contribution in [0.3, 0.4) is 0 Å². The van der Waals surface area contributed by atoms with Crippen LogP contribution in [-0.4, -0.2) is 37.1 Å². The fourth-order valence-electron chi connectivity index (χ4n) is 2.64. The molecule has 1 aromatic rings. The van der Waals surface area contributed by atoms with E-state index in [1.807, 2.05) is 0 Å². The third kappa shape index (κ3) is 3.10. The van der Waals surface area contributed by atoms with Crippen molar-refractivity contribution in [1.82, 2.24) is 4.90 Å². The highest BCUT2D eigenvalue weighted by Gasteiger charge is 2.27. The van der Waals surface area contributed by atoms with Gasteiger partial charge in [0.2, 0.25) is 0 Å². The van der Waals surface area contributed by atoms with Crippen molar-refractivity contribution in [3.63, 3.8) is 0 Å². The van der Waals surface area contributed by atoms with Crippen LogP contribution in [0, 0.1) is 0 Å². The van der Waals surface area contributed by atoms with Gasteiger partial charge < -0.3 is 4.74 Å². The number of hydrogen-bond acceptors (Lipinski definition) is 3. The highest BCUT2D eigenvalue weighted by molar-refractivity contribution is 5.69. The molecule has 2 rings (SSSR count). The second kappa shape index (κ2) is 6.01. The van der Waals surface area contributed by atoms with Crippen molar-refractivity contribution in [1.29, 1.82) is 0 Å². The molecular weight excluding hydrogens is 226 g/mol.